The molecule has 1 amide bonds. The van der Waals surface area contributed by atoms with E-state index in [1.165, 1.54) is 44.6 Å². The zero-order valence-electron chi connectivity index (χ0n) is 14.4. The molecule has 0 spiro atoms. The molecule has 1 N–H and O–H groups in total. The molecule has 0 fully saturated rings. The topological polar surface area (TPSA) is 114 Å². The number of methoxy groups -OCH3 is 2. The number of hydrogen-bond acceptors (Lipinski definition) is 6. The number of anilines is 1. The fraction of sp³-hybridized carbons (Fsp3) is 0.111. The molecule has 0 unspecified atom stereocenters. The summed E-state index contributed by atoms with van der Waals surface area (Å²) in [5.74, 6) is 0.182. The minimum atomic E-state index is -0.702. The Labute approximate surface area is 159 Å². The van der Waals surface area contributed by atoms with Crippen molar-refractivity contribution in [3.05, 3.63) is 62.7 Å². The zero-order valence-corrected chi connectivity index (χ0v) is 15.1. The Morgan fingerprint density at radius 1 is 1.22 bits per heavy atom. The first-order valence-electron chi connectivity index (χ1n) is 7.48. The largest absolute Gasteiger partial charge is 0.493 e. The minimum absolute atomic E-state index is 0.173. The van der Waals surface area contributed by atoms with Crippen LogP contribution in [0, 0.1) is 21.4 Å². The number of non-ortho nitro benzene ring substituents is 1. The van der Waals surface area contributed by atoms with Gasteiger partial charge in [-0.25, -0.2) is 0 Å². The van der Waals surface area contributed by atoms with Gasteiger partial charge in [0, 0.05) is 34.5 Å². The van der Waals surface area contributed by atoms with Crippen molar-refractivity contribution in [1.29, 1.82) is 5.26 Å². The quantitative estimate of drug-likeness (QED) is 0.349. The molecule has 0 aliphatic heterocycles. The van der Waals surface area contributed by atoms with Gasteiger partial charge >= 0.3 is 0 Å². The first kappa shape index (κ1) is 19.8. The number of nitriles is 1. The number of benzene rings is 2. The van der Waals surface area contributed by atoms with Crippen molar-refractivity contribution in [1.82, 2.24) is 0 Å². The standard InChI is InChI=1S/C18H14ClN3O5/c1-26-16-6-3-13(9-17(16)27-2)21-18(23)12(10-20)7-11-8-14(22(24)25)4-5-15(11)19/h3-9H,1-2H3,(H,21,23)/b12-7+. The third-order valence-electron chi connectivity index (χ3n) is 3.50. The maximum Gasteiger partial charge on any atom is 0.270 e. The van der Waals surface area contributed by atoms with Crippen LogP contribution in [0.4, 0.5) is 11.4 Å². The van der Waals surface area contributed by atoms with E-state index in [2.05, 4.69) is 5.32 Å². The van der Waals surface area contributed by atoms with E-state index < -0.39 is 10.8 Å². The van der Waals surface area contributed by atoms with E-state index in [1.54, 1.807) is 18.2 Å². The molecule has 0 saturated carbocycles. The molecule has 138 valence electrons. The van der Waals surface area contributed by atoms with Gasteiger partial charge in [-0.3, -0.25) is 14.9 Å². The van der Waals surface area contributed by atoms with Gasteiger partial charge in [0.1, 0.15) is 11.6 Å². The first-order chi connectivity index (χ1) is 12.9. The molecular weight excluding hydrogens is 374 g/mol. The maximum atomic E-state index is 12.4. The molecule has 0 atom stereocenters. The molecule has 27 heavy (non-hydrogen) atoms. The number of nitrogens with one attached hydrogen (secondary N) is 1. The molecule has 2 rings (SSSR count). The molecule has 0 heterocycles. The van der Waals surface area contributed by atoms with Gasteiger partial charge in [-0.15, -0.1) is 0 Å². The highest BCUT2D eigenvalue weighted by atomic mass is 35.5. The number of nitrogens with zero attached hydrogens (tertiary/aromatic N) is 2. The van der Waals surface area contributed by atoms with Crippen LogP contribution in [0.5, 0.6) is 11.5 Å². The van der Waals surface area contributed by atoms with E-state index in [-0.39, 0.29) is 21.8 Å². The highest BCUT2D eigenvalue weighted by Gasteiger charge is 2.14. The van der Waals surface area contributed by atoms with Gasteiger partial charge in [0.05, 0.1) is 19.1 Å². The van der Waals surface area contributed by atoms with Crippen molar-refractivity contribution >= 4 is 35.0 Å². The summed E-state index contributed by atoms with van der Waals surface area (Å²) >= 11 is 6.00. The van der Waals surface area contributed by atoms with Crippen molar-refractivity contribution in [2.24, 2.45) is 0 Å². The third kappa shape index (κ3) is 4.74. The molecule has 0 bridgehead atoms. The Bertz CT molecular complexity index is 966. The molecule has 8 nitrogen and oxygen atoms in total. The van der Waals surface area contributed by atoms with Crippen molar-refractivity contribution in [3.63, 3.8) is 0 Å². The summed E-state index contributed by atoms with van der Waals surface area (Å²) in [6.07, 6.45) is 1.19. The molecule has 2 aromatic rings. The Hall–Kier alpha value is -3.57. The van der Waals surface area contributed by atoms with Gasteiger partial charge in [-0.1, -0.05) is 11.6 Å². The number of rotatable bonds is 6. The number of carbonyl (C=O) groups is 1. The molecule has 0 aromatic heterocycles. The van der Waals surface area contributed by atoms with E-state index in [1.807, 2.05) is 0 Å². The predicted molar refractivity (Wildman–Crippen MR) is 99.9 cm³/mol. The van der Waals surface area contributed by atoms with E-state index >= 15 is 0 Å². The Balaban J connectivity index is 2.31. The van der Waals surface area contributed by atoms with Crippen molar-refractivity contribution in [2.45, 2.75) is 0 Å². The van der Waals surface area contributed by atoms with Crippen LogP contribution < -0.4 is 14.8 Å². The number of hydrogen-bond donors (Lipinski definition) is 1. The molecule has 2 aromatic carbocycles. The lowest BCUT2D eigenvalue weighted by atomic mass is 10.1. The highest BCUT2D eigenvalue weighted by molar-refractivity contribution is 6.32. The van der Waals surface area contributed by atoms with Crippen molar-refractivity contribution in [2.75, 3.05) is 19.5 Å². The van der Waals surface area contributed by atoms with Crippen molar-refractivity contribution < 1.29 is 19.2 Å². The van der Waals surface area contributed by atoms with Gasteiger partial charge < -0.3 is 14.8 Å². The predicted octanol–water partition coefficient (Wildman–Crippen LogP) is 3.81. The number of nitro benzene ring substituents is 1. The fourth-order valence-corrected chi connectivity index (χ4v) is 2.34. The van der Waals surface area contributed by atoms with Crippen LogP contribution in [-0.2, 0) is 4.79 Å². The molecule has 0 aliphatic rings. The number of ether oxygens (including phenoxy) is 2. The molecule has 0 radical (unpaired) electrons. The minimum Gasteiger partial charge on any atom is -0.493 e. The van der Waals surface area contributed by atoms with E-state index in [9.17, 15) is 20.2 Å². The van der Waals surface area contributed by atoms with E-state index in [4.69, 9.17) is 21.1 Å². The Morgan fingerprint density at radius 3 is 2.52 bits per heavy atom. The Morgan fingerprint density at radius 2 is 1.93 bits per heavy atom. The van der Waals surface area contributed by atoms with Gasteiger partial charge in [-0.05, 0) is 24.3 Å². The SMILES string of the molecule is COc1ccc(NC(=O)/C(C#N)=C/c2cc([N+](=O)[O-])ccc2Cl)cc1OC. The molecule has 9 heteroatoms. The summed E-state index contributed by atoms with van der Waals surface area (Å²) in [6.45, 7) is 0. The number of nitro groups is 1. The number of halogens is 1. The molecule has 0 saturated heterocycles. The summed E-state index contributed by atoms with van der Waals surface area (Å²) in [5.41, 5.74) is 0.0873. The van der Waals surface area contributed by atoms with Gasteiger partial charge in [0.15, 0.2) is 11.5 Å². The van der Waals surface area contributed by atoms with Gasteiger partial charge in [0.2, 0.25) is 0 Å². The monoisotopic (exact) mass is 387 g/mol. The van der Waals surface area contributed by atoms with Crippen LogP contribution in [0.25, 0.3) is 6.08 Å². The van der Waals surface area contributed by atoms with Gasteiger partial charge in [0.25, 0.3) is 11.6 Å². The summed E-state index contributed by atoms with van der Waals surface area (Å²) < 4.78 is 10.3. The maximum absolute atomic E-state index is 12.4. The van der Waals surface area contributed by atoms with Crippen LogP contribution in [0.3, 0.4) is 0 Å². The smallest absolute Gasteiger partial charge is 0.270 e. The summed E-state index contributed by atoms with van der Waals surface area (Å²) in [4.78, 5) is 22.7. The van der Waals surface area contributed by atoms with Gasteiger partial charge in [-0.2, -0.15) is 5.26 Å². The average molecular weight is 388 g/mol. The van der Waals surface area contributed by atoms with E-state index in [0.717, 1.165) is 0 Å². The molecular formula is C18H14ClN3O5. The van der Waals surface area contributed by atoms with E-state index in [0.29, 0.717) is 17.2 Å². The normalized spacial score (nSPS) is 10.7. The van der Waals surface area contributed by atoms with Crippen LogP contribution in [-0.4, -0.2) is 25.1 Å². The average Bonchev–Trinajstić information content (AvgIpc) is 2.66. The lowest BCUT2D eigenvalue weighted by molar-refractivity contribution is -0.384. The number of amides is 1. The number of carbonyl (C=O) groups excluding carboxylic acids is 1. The second-order valence-electron chi connectivity index (χ2n) is 5.16. The third-order valence-corrected chi connectivity index (χ3v) is 3.84. The summed E-state index contributed by atoms with van der Waals surface area (Å²) in [5, 5.41) is 22.9. The van der Waals surface area contributed by atoms with Crippen LogP contribution in [0.1, 0.15) is 5.56 Å². The first-order valence-corrected chi connectivity index (χ1v) is 7.86. The summed E-state index contributed by atoms with van der Waals surface area (Å²) in [6, 6.07) is 10.2. The Kier molecular flexibility index (Phi) is 6.36. The lowest BCUT2D eigenvalue weighted by Crippen LogP contribution is -2.13. The van der Waals surface area contributed by atoms with Crippen LogP contribution in [0.15, 0.2) is 42.0 Å². The fourth-order valence-electron chi connectivity index (χ4n) is 2.17. The van der Waals surface area contributed by atoms with Crippen LogP contribution >= 0.6 is 11.6 Å². The molecule has 0 aliphatic carbocycles. The van der Waals surface area contributed by atoms with Crippen LogP contribution in [0.2, 0.25) is 5.02 Å². The second-order valence-corrected chi connectivity index (χ2v) is 5.56. The lowest BCUT2D eigenvalue weighted by Gasteiger charge is -2.10. The second kappa shape index (κ2) is 8.69. The zero-order chi connectivity index (χ0) is 20.0. The van der Waals surface area contributed by atoms with Crippen molar-refractivity contribution in [3.8, 4) is 17.6 Å². The highest BCUT2D eigenvalue weighted by Crippen LogP contribution is 2.30. The summed E-state index contributed by atoms with van der Waals surface area (Å²) in [7, 11) is 2.93.